The lowest BCUT2D eigenvalue weighted by Gasteiger charge is -2.16. The molecule has 0 saturated carbocycles. The van der Waals surface area contributed by atoms with Crippen molar-refractivity contribution in [1.82, 2.24) is 4.57 Å². The third kappa shape index (κ3) is 2.86. The molecule has 0 amide bonds. The maximum atomic E-state index is 13.4. The molecule has 30 heavy (non-hydrogen) atoms. The van der Waals surface area contributed by atoms with Crippen LogP contribution in [0.15, 0.2) is 29.1 Å². The highest BCUT2D eigenvalue weighted by Crippen LogP contribution is 2.45. The van der Waals surface area contributed by atoms with Gasteiger partial charge in [0.15, 0.2) is 28.8 Å². The van der Waals surface area contributed by atoms with Gasteiger partial charge in [-0.1, -0.05) is 15.9 Å². The number of carbonyl (C=O) groups is 1. The van der Waals surface area contributed by atoms with Gasteiger partial charge in [-0.05, 0) is 30.7 Å². The molecule has 8 heteroatoms. The van der Waals surface area contributed by atoms with Crippen molar-refractivity contribution in [3.05, 3.63) is 45.7 Å². The first-order valence-electron chi connectivity index (χ1n) is 9.31. The monoisotopic (exact) mass is 473 g/mol. The van der Waals surface area contributed by atoms with Crippen molar-refractivity contribution in [2.45, 2.75) is 13.0 Å². The zero-order valence-electron chi connectivity index (χ0n) is 16.7. The second kappa shape index (κ2) is 7.68. The van der Waals surface area contributed by atoms with Crippen LogP contribution in [0.5, 0.6) is 23.0 Å². The number of ketones is 1. The van der Waals surface area contributed by atoms with Crippen LogP contribution in [0.3, 0.4) is 0 Å². The zero-order chi connectivity index (χ0) is 21.6. The molecule has 1 aliphatic carbocycles. The van der Waals surface area contributed by atoms with E-state index in [1.165, 1.54) is 33.5 Å². The normalized spacial score (nSPS) is 12.1. The number of aromatic nitrogens is 1. The smallest absolute Gasteiger partial charge is 0.259 e. The third-order valence-electron chi connectivity index (χ3n) is 5.34. The van der Waals surface area contributed by atoms with E-state index >= 15 is 0 Å². The lowest BCUT2D eigenvalue weighted by Crippen LogP contribution is -2.23. The first kappa shape index (κ1) is 20.3. The van der Waals surface area contributed by atoms with Gasteiger partial charge in [-0.25, -0.2) is 0 Å². The number of hydrogen-bond donors (Lipinski definition) is 1. The second-order valence-electron chi connectivity index (χ2n) is 6.87. The molecule has 1 aromatic heterocycles. The number of rotatable bonds is 6. The molecule has 3 aromatic rings. The highest BCUT2D eigenvalue weighted by atomic mass is 79.9. The highest BCUT2D eigenvalue weighted by molar-refractivity contribution is 9.09. The number of hydrogen-bond acceptors (Lipinski definition) is 6. The number of nitrogens with zero attached hydrogens (tertiary/aromatic N) is 1. The summed E-state index contributed by atoms with van der Waals surface area (Å²) in [5.41, 5.74) is 1.56. The molecule has 2 aromatic carbocycles. The van der Waals surface area contributed by atoms with Crippen molar-refractivity contribution < 1.29 is 24.1 Å². The first-order valence-corrected chi connectivity index (χ1v) is 10.4. The summed E-state index contributed by atoms with van der Waals surface area (Å²) >= 11 is 3.40. The Bertz CT molecular complexity index is 1250. The predicted molar refractivity (Wildman–Crippen MR) is 117 cm³/mol. The van der Waals surface area contributed by atoms with Gasteiger partial charge in [0.05, 0.1) is 38.0 Å². The first-order chi connectivity index (χ1) is 14.5. The van der Waals surface area contributed by atoms with Gasteiger partial charge in [0, 0.05) is 28.4 Å². The lowest BCUT2D eigenvalue weighted by molar-refractivity contribution is 0.104. The summed E-state index contributed by atoms with van der Waals surface area (Å²) in [7, 11) is 4.42. The fourth-order valence-corrected chi connectivity index (χ4v) is 4.21. The Kier molecular flexibility index (Phi) is 5.19. The number of alkyl halides is 1. The number of methoxy groups -OCH3 is 3. The van der Waals surface area contributed by atoms with Crippen LogP contribution in [0.2, 0.25) is 0 Å². The van der Waals surface area contributed by atoms with Gasteiger partial charge in [-0.3, -0.25) is 9.59 Å². The molecule has 0 radical (unpaired) electrons. The molecule has 0 fully saturated rings. The highest BCUT2D eigenvalue weighted by Gasteiger charge is 2.34. The van der Waals surface area contributed by atoms with Crippen molar-refractivity contribution in [2.24, 2.45) is 0 Å². The van der Waals surface area contributed by atoms with Crippen LogP contribution in [-0.2, 0) is 6.54 Å². The maximum absolute atomic E-state index is 13.4. The summed E-state index contributed by atoms with van der Waals surface area (Å²) < 4.78 is 17.5. The van der Waals surface area contributed by atoms with Gasteiger partial charge in [0.25, 0.3) is 5.56 Å². The SMILES string of the molecule is COc1cc2c(cc1O)-c1c(c3cc(OC)c(OC)cc3c(=O)n1CCCBr)C2=O. The summed E-state index contributed by atoms with van der Waals surface area (Å²) in [6, 6.07) is 6.26. The van der Waals surface area contributed by atoms with E-state index in [-0.39, 0.29) is 22.8 Å². The molecular weight excluding hydrogens is 454 g/mol. The molecular formula is C22H20BrNO6. The average molecular weight is 474 g/mol. The van der Waals surface area contributed by atoms with Gasteiger partial charge in [0.1, 0.15) is 0 Å². The summed E-state index contributed by atoms with van der Waals surface area (Å²) in [5, 5.41) is 11.9. The lowest BCUT2D eigenvalue weighted by atomic mass is 10.0. The van der Waals surface area contributed by atoms with Crippen LogP contribution in [-0.4, -0.2) is 42.1 Å². The van der Waals surface area contributed by atoms with Crippen LogP contribution in [0.4, 0.5) is 0 Å². The minimum Gasteiger partial charge on any atom is -0.504 e. The van der Waals surface area contributed by atoms with Crippen LogP contribution in [0.25, 0.3) is 22.0 Å². The zero-order valence-corrected chi connectivity index (χ0v) is 18.3. The van der Waals surface area contributed by atoms with Crippen molar-refractivity contribution in [2.75, 3.05) is 26.7 Å². The molecule has 1 aliphatic rings. The van der Waals surface area contributed by atoms with Crippen molar-refractivity contribution in [1.29, 1.82) is 0 Å². The van der Waals surface area contributed by atoms with E-state index in [1.54, 1.807) is 16.7 Å². The Balaban J connectivity index is 2.15. The Labute approximate surface area is 180 Å². The molecule has 7 nitrogen and oxygen atoms in total. The van der Waals surface area contributed by atoms with Gasteiger partial charge in [-0.15, -0.1) is 0 Å². The molecule has 0 unspecified atom stereocenters. The summed E-state index contributed by atoms with van der Waals surface area (Å²) in [6.45, 7) is 0.413. The molecule has 1 N–H and O–H groups in total. The number of phenolic OH excluding ortho intramolecular Hbond substituents is 1. The number of ether oxygens (including phenoxy) is 3. The Morgan fingerprint density at radius 3 is 2.13 bits per heavy atom. The Morgan fingerprint density at radius 2 is 1.53 bits per heavy atom. The van der Waals surface area contributed by atoms with Crippen LogP contribution >= 0.6 is 15.9 Å². The van der Waals surface area contributed by atoms with E-state index < -0.39 is 0 Å². The standard InChI is InChI=1S/C22H20BrNO6/c1-28-16-9-13-12(7-15(16)25)20-19(21(13)26)11-8-17(29-2)18(30-3)10-14(11)22(27)24(20)6-4-5-23/h7-10,25H,4-6H2,1-3H3. The Hall–Kier alpha value is -3.00. The topological polar surface area (TPSA) is 87.0 Å². The molecule has 4 rings (SSSR count). The van der Waals surface area contributed by atoms with Crippen LogP contribution in [0.1, 0.15) is 22.3 Å². The fraction of sp³-hybridized carbons (Fsp3) is 0.273. The number of fused-ring (bicyclic) bond motifs is 5. The molecule has 0 spiro atoms. The van der Waals surface area contributed by atoms with Crippen molar-refractivity contribution in [3.8, 4) is 34.3 Å². The van der Waals surface area contributed by atoms with E-state index in [0.717, 1.165) is 0 Å². The quantitative estimate of drug-likeness (QED) is 0.429. The van der Waals surface area contributed by atoms with E-state index in [9.17, 15) is 14.7 Å². The molecule has 0 atom stereocenters. The number of benzene rings is 2. The van der Waals surface area contributed by atoms with Gasteiger partial charge in [0.2, 0.25) is 0 Å². The van der Waals surface area contributed by atoms with E-state index in [1.807, 2.05) is 0 Å². The van der Waals surface area contributed by atoms with E-state index in [2.05, 4.69) is 15.9 Å². The van der Waals surface area contributed by atoms with Crippen molar-refractivity contribution in [3.63, 3.8) is 0 Å². The number of phenols is 1. The number of carbonyl (C=O) groups excluding carboxylic acids is 1. The maximum Gasteiger partial charge on any atom is 0.259 e. The molecule has 156 valence electrons. The number of aromatic hydroxyl groups is 1. The molecule has 1 heterocycles. The number of halogens is 1. The molecule has 0 saturated heterocycles. The average Bonchev–Trinajstić information content (AvgIpc) is 3.03. The van der Waals surface area contributed by atoms with Gasteiger partial charge in [-0.2, -0.15) is 0 Å². The minimum atomic E-state index is -0.235. The van der Waals surface area contributed by atoms with Crippen molar-refractivity contribution >= 4 is 32.5 Å². The molecule has 0 bridgehead atoms. The van der Waals surface area contributed by atoms with E-state index in [4.69, 9.17) is 14.2 Å². The second-order valence-corrected chi connectivity index (χ2v) is 7.67. The minimum absolute atomic E-state index is 0.0937. The van der Waals surface area contributed by atoms with Crippen LogP contribution in [0, 0.1) is 0 Å². The molecule has 0 aliphatic heterocycles. The number of pyridine rings is 1. The Morgan fingerprint density at radius 1 is 0.900 bits per heavy atom. The van der Waals surface area contributed by atoms with Crippen LogP contribution < -0.4 is 19.8 Å². The third-order valence-corrected chi connectivity index (χ3v) is 5.90. The summed E-state index contributed by atoms with van der Waals surface area (Å²) in [6.07, 6.45) is 0.691. The summed E-state index contributed by atoms with van der Waals surface area (Å²) in [5.74, 6) is 0.713. The summed E-state index contributed by atoms with van der Waals surface area (Å²) in [4.78, 5) is 26.9. The fourth-order valence-electron chi connectivity index (χ4n) is 3.96. The van der Waals surface area contributed by atoms with Gasteiger partial charge < -0.3 is 23.9 Å². The van der Waals surface area contributed by atoms with E-state index in [0.29, 0.717) is 63.0 Å². The predicted octanol–water partition coefficient (Wildman–Crippen LogP) is 3.73. The van der Waals surface area contributed by atoms with Gasteiger partial charge >= 0.3 is 0 Å². The largest absolute Gasteiger partial charge is 0.504 e.